The average Bonchev–Trinajstić information content (AvgIpc) is 2.85. The van der Waals surface area contributed by atoms with Crippen LogP contribution in [0.1, 0.15) is 60.9 Å². The number of rotatable bonds is 4. The van der Waals surface area contributed by atoms with Gasteiger partial charge in [0.15, 0.2) is 6.61 Å². The first-order valence-electron chi connectivity index (χ1n) is 8.44. The Morgan fingerprint density at radius 1 is 1.08 bits per heavy atom. The fourth-order valence-electron chi connectivity index (χ4n) is 3.08. The number of fused-ring (bicyclic) bond motifs is 1. The molecule has 0 N–H and O–H groups in total. The number of hydrogen-bond acceptors (Lipinski definition) is 4. The van der Waals surface area contributed by atoms with Crippen molar-refractivity contribution in [1.29, 1.82) is 0 Å². The van der Waals surface area contributed by atoms with Gasteiger partial charge in [0.1, 0.15) is 4.88 Å². The number of thiophene rings is 1. The average molecular weight is 342 g/mol. The monoisotopic (exact) mass is 342 g/mol. The van der Waals surface area contributed by atoms with Crippen LogP contribution in [-0.2, 0) is 17.6 Å². The molecule has 0 amide bonds. The zero-order valence-corrected chi connectivity index (χ0v) is 15.0. The van der Waals surface area contributed by atoms with Crippen LogP contribution < -0.4 is 0 Å². The number of carbonyl (C=O) groups is 2. The number of esters is 1. The van der Waals surface area contributed by atoms with Crippen molar-refractivity contribution < 1.29 is 14.3 Å². The number of carbonyl (C=O) groups excluding carboxylic acids is 2. The number of ketones is 1. The van der Waals surface area contributed by atoms with Crippen LogP contribution in [0.5, 0.6) is 0 Å². The van der Waals surface area contributed by atoms with Gasteiger partial charge in [-0.2, -0.15) is 0 Å². The van der Waals surface area contributed by atoms with Gasteiger partial charge in [-0.05, 0) is 62.8 Å². The van der Waals surface area contributed by atoms with Crippen LogP contribution in [0.2, 0.25) is 0 Å². The van der Waals surface area contributed by atoms with Gasteiger partial charge in [-0.15, -0.1) is 11.3 Å². The molecule has 0 fully saturated rings. The number of hydrogen-bond donors (Lipinski definition) is 0. The van der Waals surface area contributed by atoms with Crippen molar-refractivity contribution in [3.63, 3.8) is 0 Å². The quantitative estimate of drug-likeness (QED) is 0.460. The Kier molecular flexibility index (Phi) is 5.14. The lowest BCUT2D eigenvalue weighted by Crippen LogP contribution is -2.14. The van der Waals surface area contributed by atoms with E-state index >= 15 is 0 Å². The van der Waals surface area contributed by atoms with Crippen molar-refractivity contribution in [3.8, 4) is 0 Å². The minimum atomic E-state index is -0.383. The topological polar surface area (TPSA) is 43.4 Å². The first-order chi connectivity index (χ1) is 11.5. The maximum absolute atomic E-state index is 12.3. The Balaban J connectivity index is 1.65. The fourth-order valence-corrected chi connectivity index (χ4v) is 4.23. The molecule has 3 nitrogen and oxygen atoms in total. The van der Waals surface area contributed by atoms with Crippen molar-refractivity contribution in [2.45, 2.75) is 46.0 Å². The van der Waals surface area contributed by atoms with Crippen molar-refractivity contribution in [1.82, 2.24) is 0 Å². The third-order valence-corrected chi connectivity index (χ3v) is 5.69. The predicted molar refractivity (Wildman–Crippen MR) is 96.1 cm³/mol. The van der Waals surface area contributed by atoms with Crippen LogP contribution in [0, 0.1) is 13.8 Å². The fraction of sp³-hybridized carbons (Fsp3) is 0.400. The third-order valence-electron chi connectivity index (χ3n) is 4.48. The van der Waals surface area contributed by atoms with E-state index in [1.54, 1.807) is 0 Å². The molecule has 1 aliphatic carbocycles. The van der Waals surface area contributed by atoms with Crippen LogP contribution in [0.4, 0.5) is 0 Å². The summed E-state index contributed by atoms with van der Waals surface area (Å²) < 4.78 is 5.27. The molecule has 24 heavy (non-hydrogen) atoms. The molecule has 3 rings (SSSR count). The molecular weight excluding hydrogens is 320 g/mol. The van der Waals surface area contributed by atoms with E-state index in [9.17, 15) is 9.59 Å². The molecule has 1 heterocycles. The zero-order valence-electron chi connectivity index (χ0n) is 14.2. The molecule has 0 bridgehead atoms. The normalized spacial score (nSPS) is 13.9. The number of benzene rings is 1. The summed E-state index contributed by atoms with van der Waals surface area (Å²) in [5, 5.41) is 0. The van der Waals surface area contributed by atoms with E-state index in [0.29, 0.717) is 10.4 Å². The molecule has 0 saturated heterocycles. The lowest BCUT2D eigenvalue weighted by atomic mass is 10.0. The second-order valence-electron chi connectivity index (χ2n) is 6.44. The molecule has 1 aromatic heterocycles. The summed E-state index contributed by atoms with van der Waals surface area (Å²) in [4.78, 5) is 26.5. The third kappa shape index (κ3) is 3.75. The molecule has 0 aliphatic heterocycles. The van der Waals surface area contributed by atoms with Crippen molar-refractivity contribution in [3.05, 3.63) is 56.3 Å². The summed E-state index contributed by atoms with van der Waals surface area (Å²) in [5.74, 6) is -0.533. The van der Waals surface area contributed by atoms with Crippen LogP contribution in [0.3, 0.4) is 0 Å². The Bertz CT molecular complexity index is 750. The van der Waals surface area contributed by atoms with Gasteiger partial charge in [-0.25, -0.2) is 4.79 Å². The molecule has 2 aromatic rings. The Morgan fingerprint density at radius 2 is 1.88 bits per heavy atom. The molecule has 0 radical (unpaired) electrons. The van der Waals surface area contributed by atoms with Gasteiger partial charge < -0.3 is 4.74 Å². The van der Waals surface area contributed by atoms with Gasteiger partial charge >= 0.3 is 5.97 Å². The van der Waals surface area contributed by atoms with Crippen molar-refractivity contribution in [2.24, 2.45) is 0 Å². The van der Waals surface area contributed by atoms with Crippen LogP contribution in [0.25, 0.3) is 0 Å². The summed E-state index contributed by atoms with van der Waals surface area (Å²) >= 11 is 1.52. The van der Waals surface area contributed by atoms with Crippen LogP contribution in [-0.4, -0.2) is 18.4 Å². The summed E-state index contributed by atoms with van der Waals surface area (Å²) in [6.07, 6.45) is 5.72. The zero-order chi connectivity index (χ0) is 17.1. The maximum Gasteiger partial charge on any atom is 0.348 e. The van der Waals surface area contributed by atoms with Gasteiger partial charge in [-0.3, -0.25) is 4.79 Å². The predicted octanol–water partition coefficient (Wildman–Crippen LogP) is 4.67. The number of aryl methyl sites for hydroxylation is 4. The second-order valence-corrected chi connectivity index (χ2v) is 7.57. The van der Waals surface area contributed by atoms with Crippen LogP contribution >= 0.6 is 11.3 Å². The van der Waals surface area contributed by atoms with E-state index in [1.807, 2.05) is 38.1 Å². The van der Waals surface area contributed by atoms with Gasteiger partial charge in [0.25, 0.3) is 0 Å². The first-order valence-corrected chi connectivity index (χ1v) is 9.25. The van der Waals surface area contributed by atoms with Gasteiger partial charge in [-0.1, -0.05) is 24.1 Å². The Morgan fingerprint density at radius 3 is 2.71 bits per heavy atom. The smallest absolute Gasteiger partial charge is 0.348 e. The molecule has 0 atom stereocenters. The summed E-state index contributed by atoms with van der Waals surface area (Å²) in [5.41, 5.74) is 3.84. The van der Waals surface area contributed by atoms with E-state index in [1.165, 1.54) is 41.0 Å². The van der Waals surface area contributed by atoms with Crippen molar-refractivity contribution in [2.75, 3.05) is 6.61 Å². The summed E-state index contributed by atoms with van der Waals surface area (Å²) in [7, 11) is 0. The lowest BCUT2D eigenvalue weighted by Gasteiger charge is -2.07. The molecule has 126 valence electrons. The second kappa shape index (κ2) is 7.31. The number of Topliss-reactive ketones (excluding diaryl/α,β-unsaturated/α-hetero) is 1. The summed E-state index contributed by atoms with van der Waals surface area (Å²) in [6, 6.07) is 7.69. The molecule has 4 heteroatoms. The Hall–Kier alpha value is -1.94. The molecule has 1 aromatic carbocycles. The van der Waals surface area contributed by atoms with E-state index in [2.05, 4.69) is 0 Å². The van der Waals surface area contributed by atoms with Crippen molar-refractivity contribution >= 4 is 23.1 Å². The maximum atomic E-state index is 12.3. The van der Waals surface area contributed by atoms with E-state index in [-0.39, 0.29) is 18.4 Å². The molecule has 0 spiro atoms. The highest BCUT2D eigenvalue weighted by molar-refractivity contribution is 7.14. The molecule has 1 aliphatic rings. The minimum Gasteiger partial charge on any atom is -0.453 e. The highest BCUT2D eigenvalue weighted by Gasteiger charge is 2.19. The summed E-state index contributed by atoms with van der Waals surface area (Å²) in [6.45, 7) is 3.64. The molecule has 0 saturated carbocycles. The van der Waals surface area contributed by atoms with Crippen LogP contribution in [0.15, 0.2) is 24.3 Å². The molecule has 0 unspecified atom stereocenters. The minimum absolute atomic E-state index is 0.150. The Labute approximate surface area is 146 Å². The van der Waals surface area contributed by atoms with Gasteiger partial charge in [0.05, 0.1) is 0 Å². The lowest BCUT2D eigenvalue weighted by molar-refractivity contribution is 0.0479. The van der Waals surface area contributed by atoms with E-state index in [4.69, 9.17) is 4.74 Å². The highest BCUT2D eigenvalue weighted by atomic mass is 32.1. The number of ether oxygens (including phenoxy) is 1. The van der Waals surface area contributed by atoms with Gasteiger partial charge in [0.2, 0.25) is 5.78 Å². The van der Waals surface area contributed by atoms with Gasteiger partial charge in [0, 0.05) is 10.4 Å². The highest BCUT2D eigenvalue weighted by Crippen LogP contribution is 2.29. The first kappa shape index (κ1) is 16.9. The largest absolute Gasteiger partial charge is 0.453 e. The standard InChI is InChI=1S/C20H22O3S/c1-13-8-9-14(2)16(10-13)17(21)12-23-20(22)19-11-15-6-4-3-5-7-18(15)24-19/h8-11H,3-7,12H2,1-2H3. The molecular formula is C20H22O3S. The van der Waals surface area contributed by atoms with E-state index in [0.717, 1.165) is 24.0 Å². The van der Waals surface area contributed by atoms with E-state index < -0.39 is 0 Å². The SMILES string of the molecule is Cc1ccc(C)c(C(=O)COC(=O)c2cc3c(s2)CCCCC3)c1.